The van der Waals surface area contributed by atoms with Crippen LogP contribution in [-0.2, 0) is 19.6 Å². The molecule has 0 radical (unpaired) electrons. The maximum atomic E-state index is 13.2. The summed E-state index contributed by atoms with van der Waals surface area (Å²) in [5.74, 6) is -0.640. The number of morpholine rings is 1. The quantitative estimate of drug-likeness (QED) is 0.724. The van der Waals surface area contributed by atoms with Gasteiger partial charge in [0.2, 0.25) is 15.9 Å². The molecule has 1 saturated heterocycles. The number of carbonyl (C=O) groups is 1. The van der Waals surface area contributed by atoms with Crippen LogP contribution in [0.1, 0.15) is 13.8 Å². The molecule has 0 saturated carbocycles. The highest BCUT2D eigenvalue weighted by Crippen LogP contribution is 2.21. The minimum atomic E-state index is -3.65. The lowest BCUT2D eigenvalue weighted by Gasteiger charge is -2.28. The molecule has 0 spiro atoms. The molecule has 30 heavy (non-hydrogen) atoms. The molecule has 2 aromatic carbocycles. The van der Waals surface area contributed by atoms with Crippen molar-refractivity contribution in [2.24, 2.45) is 0 Å². The van der Waals surface area contributed by atoms with Crippen molar-refractivity contribution in [3.63, 3.8) is 0 Å². The van der Waals surface area contributed by atoms with E-state index < -0.39 is 10.0 Å². The number of anilines is 2. The van der Waals surface area contributed by atoms with E-state index in [1.807, 2.05) is 18.7 Å². The molecule has 2 aromatic rings. The molecule has 1 aliphatic rings. The first kappa shape index (κ1) is 22.2. The number of rotatable bonds is 7. The molecule has 9 heteroatoms. The largest absolute Gasteiger partial charge is 0.379 e. The van der Waals surface area contributed by atoms with Gasteiger partial charge in [0, 0.05) is 30.5 Å². The summed E-state index contributed by atoms with van der Waals surface area (Å²) in [7, 11) is -3.65. The Morgan fingerprint density at radius 3 is 2.47 bits per heavy atom. The fourth-order valence-corrected chi connectivity index (χ4v) is 4.68. The number of hydrogen-bond acceptors (Lipinski definition) is 5. The van der Waals surface area contributed by atoms with Gasteiger partial charge in [-0.15, -0.1) is 0 Å². The van der Waals surface area contributed by atoms with Crippen LogP contribution in [0.5, 0.6) is 0 Å². The van der Waals surface area contributed by atoms with Gasteiger partial charge in [0.1, 0.15) is 5.82 Å². The molecule has 162 valence electrons. The monoisotopic (exact) mass is 435 g/mol. The summed E-state index contributed by atoms with van der Waals surface area (Å²) in [5.41, 5.74) is 1.13. The Morgan fingerprint density at radius 1 is 1.17 bits per heavy atom. The molecule has 0 unspecified atom stereocenters. The zero-order valence-electron chi connectivity index (χ0n) is 17.0. The lowest BCUT2D eigenvalue weighted by atomic mass is 10.2. The van der Waals surface area contributed by atoms with Crippen molar-refractivity contribution in [2.75, 3.05) is 43.1 Å². The molecule has 0 aromatic heterocycles. The van der Waals surface area contributed by atoms with Crippen molar-refractivity contribution in [2.45, 2.75) is 24.8 Å². The second kappa shape index (κ2) is 9.55. The minimum absolute atomic E-state index is 0.00856. The van der Waals surface area contributed by atoms with E-state index in [9.17, 15) is 17.6 Å². The minimum Gasteiger partial charge on any atom is -0.379 e. The molecular weight excluding hydrogens is 409 g/mol. The van der Waals surface area contributed by atoms with Crippen LogP contribution in [0.15, 0.2) is 53.4 Å². The van der Waals surface area contributed by atoms with Gasteiger partial charge in [-0.3, -0.25) is 4.79 Å². The van der Waals surface area contributed by atoms with Gasteiger partial charge in [-0.25, -0.2) is 12.8 Å². The standard InChI is InChI=1S/C21H26FN3O4S/c1-16(2)25(19-8-6-17(22)7-9-19)15-21(26)23-18-4-3-5-20(14-18)30(27,28)24-10-12-29-13-11-24/h3-9,14,16H,10-13,15H2,1-2H3,(H,23,26). The number of amides is 1. The summed E-state index contributed by atoms with van der Waals surface area (Å²) in [4.78, 5) is 14.6. The van der Waals surface area contributed by atoms with Crippen LogP contribution >= 0.6 is 0 Å². The van der Waals surface area contributed by atoms with Crippen molar-refractivity contribution in [3.05, 3.63) is 54.3 Å². The van der Waals surface area contributed by atoms with Crippen LogP contribution in [-0.4, -0.2) is 57.5 Å². The SMILES string of the molecule is CC(C)N(CC(=O)Nc1cccc(S(=O)(=O)N2CCOCC2)c1)c1ccc(F)cc1. The van der Waals surface area contributed by atoms with E-state index in [-0.39, 0.29) is 29.2 Å². The predicted molar refractivity (Wildman–Crippen MR) is 114 cm³/mol. The summed E-state index contributed by atoms with van der Waals surface area (Å²) < 4.78 is 45.5. The van der Waals surface area contributed by atoms with Crippen molar-refractivity contribution < 1.29 is 22.3 Å². The molecule has 0 aliphatic carbocycles. The van der Waals surface area contributed by atoms with Crippen LogP contribution < -0.4 is 10.2 Å². The van der Waals surface area contributed by atoms with Crippen molar-refractivity contribution in [1.29, 1.82) is 0 Å². The number of halogens is 1. The number of benzene rings is 2. The number of carbonyl (C=O) groups excluding carboxylic acids is 1. The molecule has 0 bridgehead atoms. The average Bonchev–Trinajstić information content (AvgIpc) is 2.73. The van der Waals surface area contributed by atoms with Gasteiger partial charge < -0.3 is 15.0 Å². The van der Waals surface area contributed by atoms with Crippen LogP contribution in [0.3, 0.4) is 0 Å². The number of hydrogen-bond donors (Lipinski definition) is 1. The first-order valence-corrected chi connectivity index (χ1v) is 11.2. The Bertz CT molecular complexity index is 974. The first-order valence-electron chi connectivity index (χ1n) is 9.77. The molecule has 7 nitrogen and oxygen atoms in total. The lowest BCUT2D eigenvalue weighted by molar-refractivity contribution is -0.115. The number of sulfonamides is 1. The third kappa shape index (κ3) is 5.35. The summed E-state index contributed by atoms with van der Waals surface area (Å²) in [6.45, 7) is 5.26. The highest BCUT2D eigenvalue weighted by Gasteiger charge is 2.26. The highest BCUT2D eigenvalue weighted by atomic mass is 32.2. The molecule has 1 amide bonds. The Labute approximate surface area is 176 Å². The molecule has 1 fully saturated rings. The van der Waals surface area contributed by atoms with Crippen LogP contribution in [0, 0.1) is 5.82 Å². The van der Waals surface area contributed by atoms with Gasteiger partial charge in [-0.1, -0.05) is 6.07 Å². The van der Waals surface area contributed by atoms with E-state index in [1.165, 1.54) is 28.6 Å². The first-order chi connectivity index (χ1) is 14.3. The smallest absolute Gasteiger partial charge is 0.243 e. The van der Waals surface area contributed by atoms with Gasteiger partial charge in [0.25, 0.3) is 0 Å². The van der Waals surface area contributed by atoms with E-state index in [0.717, 1.165) is 5.69 Å². The van der Waals surface area contributed by atoms with Crippen molar-refractivity contribution >= 4 is 27.3 Å². The van der Waals surface area contributed by atoms with E-state index in [2.05, 4.69) is 5.32 Å². The lowest BCUT2D eigenvalue weighted by Crippen LogP contribution is -2.40. The fourth-order valence-electron chi connectivity index (χ4n) is 3.23. The Kier molecular flexibility index (Phi) is 7.06. The van der Waals surface area contributed by atoms with Crippen LogP contribution in [0.4, 0.5) is 15.8 Å². The second-order valence-electron chi connectivity index (χ2n) is 7.29. The molecule has 1 heterocycles. The zero-order valence-corrected chi connectivity index (χ0v) is 17.9. The Balaban J connectivity index is 1.72. The summed E-state index contributed by atoms with van der Waals surface area (Å²) in [6.07, 6.45) is 0. The molecule has 1 aliphatic heterocycles. The third-order valence-electron chi connectivity index (χ3n) is 4.82. The zero-order chi connectivity index (χ0) is 21.7. The van der Waals surface area contributed by atoms with Gasteiger partial charge >= 0.3 is 0 Å². The number of nitrogens with zero attached hydrogens (tertiary/aromatic N) is 2. The molecular formula is C21H26FN3O4S. The van der Waals surface area contributed by atoms with E-state index >= 15 is 0 Å². The molecule has 0 atom stereocenters. The maximum absolute atomic E-state index is 13.2. The Hall–Kier alpha value is -2.49. The van der Waals surface area contributed by atoms with Crippen LogP contribution in [0.2, 0.25) is 0 Å². The van der Waals surface area contributed by atoms with Gasteiger partial charge in [-0.05, 0) is 56.3 Å². The fraction of sp³-hybridized carbons (Fsp3) is 0.381. The summed E-state index contributed by atoms with van der Waals surface area (Å²) in [5, 5.41) is 2.76. The molecule has 3 rings (SSSR count). The van der Waals surface area contributed by atoms with Gasteiger partial charge in [-0.2, -0.15) is 4.31 Å². The van der Waals surface area contributed by atoms with Crippen LogP contribution in [0.25, 0.3) is 0 Å². The van der Waals surface area contributed by atoms with Gasteiger partial charge in [0.15, 0.2) is 0 Å². The van der Waals surface area contributed by atoms with E-state index in [1.54, 1.807) is 24.3 Å². The predicted octanol–water partition coefficient (Wildman–Crippen LogP) is 2.70. The van der Waals surface area contributed by atoms with E-state index in [4.69, 9.17) is 4.74 Å². The van der Waals surface area contributed by atoms with Crippen molar-refractivity contribution in [3.8, 4) is 0 Å². The van der Waals surface area contributed by atoms with Gasteiger partial charge in [0.05, 0.1) is 24.7 Å². The van der Waals surface area contributed by atoms with E-state index in [0.29, 0.717) is 32.0 Å². The normalized spacial score (nSPS) is 15.2. The molecule has 1 N–H and O–H groups in total. The van der Waals surface area contributed by atoms with Crippen molar-refractivity contribution in [1.82, 2.24) is 4.31 Å². The average molecular weight is 436 g/mol. The summed E-state index contributed by atoms with van der Waals surface area (Å²) in [6, 6.07) is 12.2. The third-order valence-corrected chi connectivity index (χ3v) is 6.72. The number of nitrogens with one attached hydrogen (secondary N) is 1. The maximum Gasteiger partial charge on any atom is 0.243 e. The Morgan fingerprint density at radius 2 is 1.83 bits per heavy atom. The number of ether oxygens (including phenoxy) is 1. The second-order valence-corrected chi connectivity index (χ2v) is 9.23. The topological polar surface area (TPSA) is 79.0 Å². The highest BCUT2D eigenvalue weighted by molar-refractivity contribution is 7.89. The summed E-state index contributed by atoms with van der Waals surface area (Å²) >= 11 is 0.